The van der Waals surface area contributed by atoms with E-state index >= 15 is 0 Å². The van der Waals surface area contributed by atoms with E-state index in [0.717, 1.165) is 0 Å². The second kappa shape index (κ2) is 5.67. The summed E-state index contributed by atoms with van der Waals surface area (Å²) < 4.78 is 6.05. The molecule has 0 atom stereocenters. The van der Waals surface area contributed by atoms with E-state index in [2.05, 4.69) is 13.8 Å². The fourth-order valence-electron chi connectivity index (χ4n) is 0.565. The molecule has 0 saturated carbocycles. The van der Waals surface area contributed by atoms with Crippen LogP contribution in [0.1, 0.15) is 13.8 Å². The van der Waals surface area contributed by atoms with Gasteiger partial charge in [0.25, 0.3) is 0 Å². The van der Waals surface area contributed by atoms with Crippen LogP contribution in [0.4, 0.5) is 0 Å². The molecule has 0 aliphatic carbocycles. The predicted molar refractivity (Wildman–Crippen MR) is 40.6 cm³/mol. The molecule has 4 heteroatoms. The molecule has 10 heavy (non-hydrogen) atoms. The van der Waals surface area contributed by atoms with Gasteiger partial charge >= 0.3 is 83.1 Å². The van der Waals surface area contributed by atoms with Gasteiger partial charge < -0.3 is 0 Å². The van der Waals surface area contributed by atoms with Crippen LogP contribution in [0, 0.1) is 5.92 Å². The first-order valence-electron chi connectivity index (χ1n) is 3.12. The van der Waals surface area contributed by atoms with E-state index < -0.39 is 23.3 Å². The van der Waals surface area contributed by atoms with E-state index in [4.69, 9.17) is 24.6 Å². The Morgan fingerprint density at radius 1 is 1.50 bits per heavy atom. The molecule has 0 aromatic heterocycles. The number of methoxy groups -OCH3 is 1. The molecule has 0 rings (SSSR count). The Kier molecular flexibility index (Phi) is 6.27. The molecule has 0 radical (unpaired) electrons. The third-order valence-electron chi connectivity index (χ3n) is 1.27. The molecule has 0 fully saturated rings. The third kappa shape index (κ3) is 3.45. The number of hydrogen-bond donors (Lipinski definition) is 0. The predicted octanol–water partition coefficient (Wildman–Crippen LogP) is 2.93. The van der Waals surface area contributed by atoms with Gasteiger partial charge in [0.05, 0.1) is 0 Å². The molecule has 0 saturated heterocycles. The maximum atomic E-state index is 5.84. The van der Waals surface area contributed by atoms with Gasteiger partial charge in [-0.05, 0) is 0 Å². The monoisotopic (exact) mass is 370 g/mol. The van der Waals surface area contributed by atoms with Crippen molar-refractivity contribution in [1.82, 2.24) is 0 Å². The standard InChI is InChI=1S/C6H10ClO.ClH.Hg/c1-5(2)4-6(7)8-3;;/h5H,1-3H3;1H;/q;;+1/p-1. The molecule has 0 heterocycles. The number of hydrogen-bond acceptors (Lipinski definition) is 1. The van der Waals surface area contributed by atoms with Gasteiger partial charge in [0, 0.05) is 0 Å². The summed E-state index contributed by atoms with van der Waals surface area (Å²) in [6.07, 6.45) is 0. The zero-order valence-electron chi connectivity index (χ0n) is 6.45. The topological polar surface area (TPSA) is 9.23 Å². The Morgan fingerprint density at radius 2 is 2.00 bits per heavy atom. The van der Waals surface area contributed by atoms with Crippen LogP contribution in [0.25, 0.3) is 0 Å². The van der Waals surface area contributed by atoms with E-state index in [9.17, 15) is 0 Å². The van der Waals surface area contributed by atoms with Crippen molar-refractivity contribution in [3.63, 3.8) is 0 Å². The van der Waals surface area contributed by atoms with Crippen molar-refractivity contribution < 1.29 is 28.1 Å². The van der Waals surface area contributed by atoms with Gasteiger partial charge in [0.1, 0.15) is 0 Å². The summed E-state index contributed by atoms with van der Waals surface area (Å²) in [5, 5.41) is 0.520. The summed E-state index contributed by atoms with van der Waals surface area (Å²) in [6.45, 7) is 4.16. The average molecular weight is 370 g/mol. The fraction of sp³-hybridized carbons (Fsp3) is 0.667. The zero-order valence-corrected chi connectivity index (χ0v) is 13.5. The van der Waals surface area contributed by atoms with Gasteiger partial charge in [-0.25, -0.2) is 0 Å². The molecule has 0 aromatic rings. The van der Waals surface area contributed by atoms with Crippen LogP contribution in [0.5, 0.6) is 0 Å². The van der Waals surface area contributed by atoms with Crippen LogP contribution in [0.3, 0.4) is 0 Å². The Labute approximate surface area is 82.6 Å². The SMILES string of the molecule is CO/C(Cl)=[C](\[Hg][Cl])C(C)C. The number of rotatable bonds is 3. The van der Waals surface area contributed by atoms with Crippen LogP contribution in [0.15, 0.2) is 8.30 Å². The number of ether oxygens (including phenoxy) is 1. The number of halogens is 2. The van der Waals surface area contributed by atoms with Crippen LogP contribution in [0.2, 0.25) is 0 Å². The van der Waals surface area contributed by atoms with E-state index in [1.165, 1.54) is 3.08 Å². The van der Waals surface area contributed by atoms with Gasteiger partial charge in [-0.1, -0.05) is 0 Å². The van der Waals surface area contributed by atoms with Crippen molar-refractivity contribution in [1.29, 1.82) is 0 Å². The summed E-state index contributed by atoms with van der Waals surface area (Å²) in [7, 11) is 7.41. The molecular weight excluding hydrogens is 360 g/mol. The van der Waals surface area contributed by atoms with Gasteiger partial charge in [-0.2, -0.15) is 0 Å². The van der Waals surface area contributed by atoms with E-state index in [0.29, 0.717) is 11.1 Å². The Morgan fingerprint density at radius 3 is 2.10 bits per heavy atom. The molecule has 0 amide bonds. The first kappa shape index (κ1) is 11.1. The first-order chi connectivity index (χ1) is 4.63. The van der Waals surface area contributed by atoms with Crippen LogP contribution in [-0.4, -0.2) is 7.11 Å². The van der Waals surface area contributed by atoms with Crippen LogP contribution < -0.4 is 0 Å². The number of allylic oxidation sites excluding steroid dienone is 1. The first-order valence-corrected chi connectivity index (χ1v) is 13.0. The van der Waals surface area contributed by atoms with E-state index in [1.807, 2.05) is 0 Å². The zero-order chi connectivity index (χ0) is 8.15. The van der Waals surface area contributed by atoms with Crippen LogP contribution >= 0.6 is 19.9 Å². The van der Waals surface area contributed by atoms with Crippen molar-refractivity contribution in [3.05, 3.63) is 8.30 Å². The second-order valence-electron chi connectivity index (χ2n) is 2.29. The molecule has 0 aliphatic heterocycles. The molecule has 0 bridgehead atoms. The van der Waals surface area contributed by atoms with Crippen molar-refractivity contribution in [3.8, 4) is 0 Å². The molecule has 0 aromatic carbocycles. The Balaban J connectivity index is 4.29. The molecule has 0 N–H and O–H groups in total. The van der Waals surface area contributed by atoms with Gasteiger partial charge in [-0.15, -0.1) is 0 Å². The van der Waals surface area contributed by atoms with E-state index in [1.54, 1.807) is 7.11 Å². The van der Waals surface area contributed by atoms with Gasteiger partial charge in [0.15, 0.2) is 0 Å². The van der Waals surface area contributed by atoms with Crippen molar-refractivity contribution >= 4 is 19.9 Å². The van der Waals surface area contributed by atoms with E-state index in [-0.39, 0.29) is 0 Å². The molecule has 56 valence electrons. The van der Waals surface area contributed by atoms with Crippen molar-refractivity contribution in [2.24, 2.45) is 5.92 Å². The summed E-state index contributed by atoms with van der Waals surface area (Å²) >= 11 is 4.40. The molecule has 1 nitrogen and oxygen atoms in total. The Hall–Kier alpha value is 1.06. The fourth-order valence-corrected chi connectivity index (χ4v) is 7.91. The quantitative estimate of drug-likeness (QED) is 0.549. The minimum atomic E-state index is -1.35. The second-order valence-corrected chi connectivity index (χ2v) is 8.98. The Bertz CT molecular complexity index is 134. The minimum absolute atomic E-state index is 0.451. The average Bonchev–Trinajstić information content (AvgIpc) is 1.88. The summed E-state index contributed by atoms with van der Waals surface area (Å²) in [5.41, 5.74) is 0. The third-order valence-corrected chi connectivity index (χ3v) is 10.6. The summed E-state index contributed by atoms with van der Waals surface area (Å²) in [4.78, 5) is 0. The maximum absolute atomic E-state index is 5.84. The molecule has 0 unspecified atom stereocenters. The van der Waals surface area contributed by atoms with Crippen LogP contribution in [-0.2, 0) is 28.1 Å². The van der Waals surface area contributed by atoms with Crippen molar-refractivity contribution in [2.45, 2.75) is 13.8 Å². The molecular formula is C6H10Cl2HgO. The van der Waals surface area contributed by atoms with Crippen molar-refractivity contribution in [2.75, 3.05) is 7.11 Å². The molecule has 0 spiro atoms. The van der Waals surface area contributed by atoms with Gasteiger partial charge in [-0.3, -0.25) is 0 Å². The summed E-state index contributed by atoms with van der Waals surface area (Å²) in [6, 6.07) is 0. The normalized spacial score (nSPS) is 12.6. The van der Waals surface area contributed by atoms with Gasteiger partial charge in [0.2, 0.25) is 0 Å². The molecule has 0 aliphatic rings. The summed E-state index contributed by atoms with van der Waals surface area (Å²) in [5.74, 6) is 0.451.